The van der Waals surface area contributed by atoms with E-state index in [1.54, 1.807) is 30.3 Å². The highest BCUT2D eigenvalue weighted by atomic mass is 32.1. The van der Waals surface area contributed by atoms with Gasteiger partial charge < -0.3 is 5.32 Å². The van der Waals surface area contributed by atoms with Gasteiger partial charge in [-0.05, 0) is 12.1 Å². The van der Waals surface area contributed by atoms with Crippen LogP contribution in [-0.2, 0) is 0 Å². The molecule has 0 radical (unpaired) electrons. The van der Waals surface area contributed by atoms with Crippen LogP contribution in [0.5, 0.6) is 0 Å². The Morgan fingerprint density at radius 3 is 2.27 bits per heavy atom. The molecule has 0 aliphatic rings. The summed E-state index contributed by atoms with van der Waals surface area (Å²) >= 11 is 4.71. The fraction of sp³-hybridized carbons (Fsp3) is 0.100. The molecular weight excluding hydrogens is 223 g/mol. The number of halogens is 3. The first-order valence-electron chi connectivity index (χ1n) is 4.14. The van der Waals surface area contributed by atoms with Gasteiger partial charge in [-0.25, -0.2) is 4.39 Å². The third-order valence-electron chi connectivity index (χ3n) is 1.58. The van der Waals surface area contributed by atoms with Gasteiger partial charge in [0.1, 0.15) is 0 Å². The van der Waals surface area contributed by atoms with Crippen molar-refractivity contribution in [1.82, 2.24) is 0 Å². The monoisotopic (exact) mass is 231 g/mol. The van der Waals surface area contributed by atoms with Gasteiger partial charge in [-0.15, -0.1) is 0 Å². The predicted octanol–water partition coefficient (Wildman–Crippen LogP) is 3.89. The van der Waals surface area contributed by atoms with Crippen molar-refractivity contribution in [2.24, 2.45) is 0 Å². The van der Waals surface area contributed by atoms with Crippen LogP contribution in [0.15, 0.2) is 42.2 Å². The molecule has 0 fully saturated rings. The van der Waals surface area contributed by atoms with Crippen LogP contribution in [0.2, 0.25) is 0 Å². The average Bonchev–Trinajstić information content (AvgIpc) is 2.18. The second kappa shape index (κ2) is 5.50. The number of rotatable bonds is 3. The maximum atomic E-state index is 12.5. The molecular formula is C10H8F3NS. The first-order valence-corrected chi connectivity index (χ1v) is 4.55. The SMILES string of the molecule is FC(F)=C(F)CC(=S)Nc1ccccc1. The molecule has 0 atom stereocenters. The molecule has 0 unspecified atom stereocenters. The first-order chi connectivity index (χ1) is 7.09. The number of para-hydroxylation sites is 1. The van der Waals surface area contributed by atoms with Crippen molar-refractivity contribution in [3.8, 4) is 0 Å². The predicted molar refractivity (Wildman–Crippen MR) is 57.6 cm³/mol. The highest BCUT2D eigenvalue weighted by Crippen LogP contribution is 2.15. The molecule has 1 rings (SSSR count). The summed E-state index contributed by atoms with van der Waals surface area (Å²) in [5.74, 6) is -1.50. The molecule has 0 saturated heterocycles. The molecule has 0 aliphatic carbocycles. The fourth-order valence-corrected chi connectivity index (χ4v) is 1.18. The van der Waals surface area contributed by atoms with E-state index in [9.17, 15) is 13.2 Å². The second-order valence-electron chi connectivity index (χ2n) is 2.76. The van der Waals surface area contributed by atoms with E-state index in [1.807, 2.05) is 0 Å². The molecule has 80 valence electrons. The van der Waals surface area contributed by atoms with E-state index >= 15 is 0 Å². The van der Waals surface area contributed by atoms with E-state index < -0.39 is 18.3 Å². The lowest BCUT2D eigenvalue weighted by Crippen LogP contribution is -2.08. The lowest BCUT2D eigenvalue weighted by Gasteiger charge is -2.05. The van der Waals surface area contributed by atoms with Crippen LogP contribution in [0.25, 0.3) is 0 Å². The standard InChI is InChI=1S/C10H8F3NS/c11-8(10(12)13)6-9(15)14-7-4-2-1-3-5-7/h1-5H,6H2,(H,14,15). The molecule has 0 heterocycles. The van der Waals surface area contributed by atoms with Crippen LogP contribution >= 0.6 is 12.2 Å². The van der Waals surface area contributed by atoms with Gasteiger partial charge in [0.25, 0.3) is 0 Å². The van der Waals surface area contributed by atoms with E-state index in [2.05, 4.69) is 5.32 Å². The summed E-state index contributed by atoms with van der Waals surface area (Å²) in [5, 5.41) is 2.65. The molecule has 1 aromatic rings. The van der Waals surface area contributed by atoms with Crippen LogP contribution in [0.1, 0.15) is 6.42 Å². The summed E-state index contributed by atoms with van der Waals surface area (Å²) in [6.07, 6.45) is -2.90. The Balaban J connectivity index is 2.55. The van der Waals surface area contributed by atoms with Crippen LogP contribution in [0.4, 0.5) is 18.9 Å². The lowest BCUT2D eigenvalue weighted by atomic mass is 10.3. The molecule has 0 saturated carbocycles. The molecule has 0 spiro atoms. The van der Waals surface area contributed by atoms with Crippen LogP contribution in [0.3, 0.4) is 0 Å². The Morgan fingerprint density at radius 1 is 1.13 bits per heavy atom. The largest absolute Gasteiger partial charge is 0.350 e. The molecule has 1 aromatic carbocycles. The van der Waals surface area contributed by atoms with E-state index in [-0.39, 0.29) is 4.99 Å². The van der Waals surface area contributed by atoms with Crippen molar-refractivity contribution in [2.45, 2.75) is 6.42 Å². The summed E-state index contributed by atoms with van der Waals surface area (Å²) in [7, 11) is 0. The maximum absolute atomic E-state index is 12.5. The zero-order chi connectivity index (χ0) is 11.3. The zero-order valence-electron chi connectivity index (χ0n) is 7.64. The topological polar surface area (TPSA) is 12.0 Å². The van der Waals surface area contributed by atoms with Gasteiger partial charge >= 0.3 is 6.08 Å². The van der Waals surface area contributed by atoms with Crippen LogP contribution in [-0.4, -0.2) is 4.99 Å². The third kappa shape index (κ3) is 4.12. The first kappa shape index (κ1) is 11.7. The summed E-state index contributed by atoms with van der Waals surface area (Å²) in [5.41, 5.74) is 0.648. The summed E-state index contributed by atoms with van der Waals surface area (Å²) < 4.78 is 36.0. The fourth-order valence-electron chi connectivity index (χ4n) is 0.934. The van der Waals surface area contributed by atoms with Gasteiger partial charge in [-0.1, -0.05) is 30.4 Å². The van der Waals surface area contributed by atoms with E-state index in [4.69, 9.17) is 12.2 Å². The van der Waals surface area contributed by atoms with Gasteiger partial charge in [-0.2, -0.15) is 8.78 Å². The Morgan fingerprint density at radius 2 is 1.73 bits per heavy atom. The molecule has 1 nitrogen and oxygen atoms in total. The Bertz CT molecular complexity index is 372. The normalized spacial score (nSPS) is 9.53. The summed E-state index contributed by atoms with van der Waals surface area (Å²) in [4.78, 5) is 0.0199. The Hall–Kier alpha value is -1.36. The number of thiocarbonyl (C=S) groups is 1. The van der Waals surface area contributed by atoms with E-state index in [1.165, 1.54) is 0 Å². The number of hydrogen-bond donors (Lipinski definition) is 1. The minimum Gasteiger partial charge on any atom is -0.350 e. The second-order valence-corrected chi connectivity index (χ2v) is 3.25. The average molecular weight is 231 g/mol. The van der Waals surface area contributed by atoms with Gasteiger partial charge in [-0.3, -0.25) is 0 Å². The summed E-state index contributed by atoms with van der Waals surface area (Å²) in [6.45, 7) is 0. The van der Waals surface area contributed by atoms with Crippen molar-refractivity contribution in [3.05, 3.63) is 42.2 Å². The van der Waals surface area contributed by atoms with Crippen molar-refractivity contribution in [1.29, 1.82) is 0 Å². The van der Waals surface area contributed by atoms with Gasteiger partial charge in [0.15, 0.2) is 5.83 Å². The van der Waals surface area contributed by atoms with Gasteiger partial charge in [0.05, 0.1) is 11.4 Å². The number of benzene rings is 1. The molecule has 0 aromatic heterocycles. The number of hydrogen-bond acceptors (Lipinski definition) is 1. The highest BCUT2D eigenvalue weighted by Gasteiger charge is 2.08. The zero-order valence-corrected chi connectivity index (χ0v) is 8.45. The van der Waals surface area contributed by atoms with E-state index in [0.29, 0.717) is 5.69 Å². The lowest BCUT2D eigenvalue weighted by molar-refractivity contribution is 0.377. The minimum absolute atomic E-state index is 0.0199. The summed E-state index contributed by atoms with van der Waals surface area (Å²) in [6, 6.07) is 8.73. The van der Waals surface area contributed by atoms with Gasteiger partial charge in [0.2, 0.25) is 0 Å². The van der Waals surface area contributed by atoms with Crippen molar-refractivity contribution >= 4 is 22.9 Å². The number of nitrogens with one attached hydrogen (secondary N) is 1. The smallest absolute Gasteiger partial charge is 0.301 e. The third-order valence-corrected chi connectivity index (χ3v) is 1.82. The molecule has 0 amide bonds. The molecule has 0 bridgehead atoms. The Labute approximate surface area is 90.6 Å². The number of anilines is 1. The molecule has 5 heteroatoms. The molecule has 15 heavy (non-hydrogen) atoms. The maximum Gasteiger partial charge on any atom is 0.301 e. The molecule has 0 aliphatic heterocycles. The Kier molecular flexibility index (Phi) is 4.30. The highest BCUT2D eigenvalue weighted by molar-refractivity contribution is 7.80. The van der Waals surface area contributed by atoms with Crippen LogP contribution in [0, 0.1) is 0 Å². The minimum atomic E-state index is -2.33. The van der Waals surface area contributed by atoms with Crippen molar-refractivity contribution in [2.75, 3.05) is 5.32 Å². The quantitative estimate of drug-likeness (QED) is 0.792. The van der Waals surface area contributed by atoms with Gasteiger partial charge in [0, 0.05) is 5.69 Å². The van der Waals surface area contributed by atoms with Crippen LogP contribution < -0.4 is 5.32 Å². The van der Waals surface area contributed by atoms with Crippen molar-refractivity contribution < 1.29 is 13.2 Å². The van der Waals surface area contributed by atoms with E-state index in [0.717, 1.165) is 0 Å². The molecule has 1 N–H and O–H groups in total. The van der Waals surface area contributed by atoms with Crippen molar-refractivity contribution in [3.63, 3.8) is 0 Å².